The number of H-pyrrole nitrogens is 2. The number of nitrogens with one attached hydrogen (secondary N) is 3. The van der Waals surface area contributed by atoms with Gasteiger partial charge in [0.05, 0.1) is 29.6 Å². The number of esters is 1. The molecule has 2 aromatic heterocycles. The van der Waals surface area contributed by atoms with Crippen molar-refractivity contribution in [1.82, 2.24) is 15.3 Å². The van der Waals surface area contributed by atoms with Crippen molar-refractivity contribution < 1.29 is 14.6 Å². The zero-order valence-corrected chi connectivity index (χ0v) is 19.6. The first-order valence-corrected chi connectivity index (χ1v) is 11.5. The Morgan fingerprint density at radius 3 is 2.57 bits per heavy atom. The van der Waals surface area contributed by atoms with E-state index in [0.29, 0.717) is 22.4 Å². The maximum absolute atomic E-state index is 12.0. The average molecular weight is 467 g/mol. The van der Waals surface area contributed by atoms with Gasteiger partial charge < -0.3 is 25.1 Å². The van der Waals surface area contributed by atoms with Crippen molar-refractivity contribution in [3.8, 4) is 5.88 Å². The van der Waals surface area contributed by atoms with Crippen LogP contribution < -0.4 is 5.32 Å². The molecule has 0 amide bonds. The summed E-state index contributed by atoms with van der Waals surface area (Å²) in [5, 5.41) is 16.1. The second-order valence-corrected chi connectivity index (χ2v) is 8.29. The van der Waals surface area contributed by atoms with Crippen molar-refractivity contribution in [3.63, 3.8) is 0 Å². The molecule has 0 aliphatic carbocycles. The van der Waals surface area contributed by atoms with E-state index in [0.717, 1.165) is 40.6 Å². The highest BCUT2D eigenvalue weighted by Gasteiger charge is 2.20. The molecule has 0 aliphatic rings. The second-order valence-electron chi connectivity index (χ2n) is 8.29. The summed E-state index contributed by atoms with van der Waals surface area (Å²) in [5.74, 6) is -0.453. The van der Waals surface area contributed by atoms with Crippen molar-refractivity contribution in [3.05, 3.63) is 95.2 Å². The molecular formula is C28H26N4O3. The van der Waals surface area contributed by atoms with E-state index in [1.54, 1.807) is 18.2 Å². The number of aliphatic imine (C=N–C) groups is 1. The molecule has 0 aliphatic heterocycles. The first kappa shape index (κ1) is 22.4. The summed E-state index contributed by atoms with van der Waals surface area (Å²) < 4.78 is 4.84. The van der Waals surface area contributed by atoms with E-state index in [1.165, 1.54) is 12.7 Å². The second kappa shape index (κ2) is 9.48. The molecule has 0 saturated heterocycles. The Morgan fingerprint density at radius 2 is 1.80 bits per heavy atom. The summed E-state index contributed by atoms with van der Waals surface area (Å²) >= 11 is 0. The molecule has 2 heterocycles. The molecule has 7 heteroatoms. The van der Waals surface area contributed by atoms with Crippen LogP contribution >= 0.6 is 0 Å². The number of fused-ring (bicyclic) bond motifs is 2. The first-order chi connectivity index (χ1) is 17.1. The van der Waals surface area contributed by atoms with Crippen LogP contribution in [-0.4, -0.2) is 40.4 Å². The van der Waals surface area contributed by atoms with Crippen LogP contribution in [0.2, 0.25) is 0 Å². The minimum atomic E-state index is -0.438. The summed E-state index contributed by atoms with van der Waals surface area (Å²) in [4.78, 5) is 23.2. The number of hydrogen-bond acceptors (Lipinski definition) is 5. The van der Waals surface area contributed by atoms with E-state index in [2.05, 4.69) is 22.2 Å². The fraction of sp³-hybridized carbons (Fsp3) is 0.143. The van der Waals surface area contributed by atoms with Gasteiger partial charge in [-0.1, -0.05) is 31.2 Å². The van der Waals surface area contributed by atoms with Gasteiger partial charge in [0.15, 0.2) is 5.88 Å². The van der Waals surface area contributed by atoms with Gasteiger partial charge in [0, 0.05) is 40.1 Å². The minimum absolute atomic E-state index is 0.0151. The number of aromatic nitrogens is 2. The zero-order valence-electron chi connectivity index (χ0n) is 19.6. The zero-order chi connectivity index (χ0) is 24.4. The Morgan fingerprint density at radius 1 is 1.00 bits per heavy atom. The SMILES string of the molecule is CCNCc1ccc(N=C(c2ccc3[nH]ccc3c2)c2c(O)[nH]c3cc(C(=O)OC)ccc23)cc1. The van der Waals surface area contributed by atoms with Crippen LogP contribution in [0, 0.1) is 0 Å². The van der Waals surface area contributed by atoms with Gasteiger partial charge in [0.1, 0.15) is 0 Å². The monoisotopic (exact) mass is 466 g/mol. The van der Waals surface area contributed by atoms with E-state index in [4.69, 9.17) is 9.73 Å². The Hall–Kier alpha value is -4.36. The first-order valence-electron chi connectivity index (χ1n) is 11.5. The van der Waals surface area contributed by atoms with Crippen molar-refractivity contribution in [2.45, 2.75) is 13.5 Å². The van der Waals surface area contributed by atoms with Crippen LogP contribution in [-0.2, 0) is 11.3 Å². The molecule has 3 aromatic carbocycles. The number of nitrogens with zero attached hydrogens (tertiary/aromatic N) is 1. The van der Waals surface area contributed by atoms with Gasteiger partial charge in [-0.05, 0) is 54.6 Å². The highest BCUT2D eigenvalue weighted by molar-refractivity contribution is 6.22. The van der Waals surface area contributed by atoms with Crippen molar-refractivity contribution >= 4 is 39.2 Å². The largest absolute Gasteiger partial charge is 0.494 e. The van der Waals surface area contributed by atoms with Gasteiger partial charge in [-0.3, -0.25) is 0 Å². The smallest absolute Gasteiger partial charge is 0.337 e. The molecule has 0 fully saturated rings. The lowest BCUT2D eigenvalue weighted by Gasteiger charge is -2.09. The summed E-state index contributed by atoms with van der Waals surface area (Å²) in [7, 11) is 1.34. The third kappa shape index (κ3) is 4.41. The van der Waals surface area contributed by atoms with Gasteiger partial charge in [0.25, 0.3) is 0 Å². The molecular weight excluding hydrogens is 440 g/mol. The Kier molecular flexibility index (Phi) is 6.08. The molecule has 0 atom stereocenters. The van der Waals surface area contributed by atoms with Crippen molar-refractivity contribution in [1.29, 1.82) is 0 Å². The molecule has 4 N–H and O–H groups in total. The lowest BCUT2D eigenvalue weighted by molar-refractivity contribution is 0.0601. The molecule has 0 bridgehead atoms. The van der Waals surface area contributed by atoms with Gasteiger partial charge in [0.2, 0.25) is 0 Å². The fourth-order valence-electron chi connectivity index (χ4n) is 4.22. The van der Waals surface area contributed by atoms with Crippen LogP contribution in [0.1, 0.15) is 34.0 Å². The van der Waals surface area contributed by atoms with Crippen LogP contribution in [0.3, 0.4) is 0 Å². The molecule has 5 aromatic rings. The topological polar surface area (TPSA) is 102 Å². The standard InChI is InChI=1S/C28H26N4O3/c1-3-29-16-17-4-8-21(9-5-17)31-26(19-7-11-23-18(14-19)12-13-30-23)25-22-10-6-20(28(34)35-2)15-24(22)32-27(25)33/h4-15,29-30,32-33H,3,16H2,1-2H3. The molecule has 7 nitrogen and oxygen atoms in total. The highest BCUT2D eigenvalue weighted by atomic mass is 16.5. The number of benzene rings is 3. The predicted molar refractivity (Wildman–Crippen MR) is 139 cm³/mol. The number of rotatable bonds is 7. The van der Waals surface area contributed by atoms with Crippen LogP contribution in [0.4, 0.5) is 5.69 Å². The van der Waals surface area contributed by atoms with Gasteiger partial charge in [-0.25, -0.2) is 9.79 Å². The number of ether oxygens (including phenoxy) is 1. The Bertz CT molecular complexity index is 1540. The van der Waals surface area contributed by atoms with Crippen LogP contribution in [0.5, 0.6) is 5.88 Å². The number of hydrogen-bond donors (Lipinski definition) is 4. The Labute approximate surface area is 202 Å². The number of aromatic hydroxyl groups is 1. The quantitative estimate of drug-likeness (QED) is 0.190. The average Bonchev–Trinajstić information content (AvgIpc) is 3.48. The number of carbonyl (C=O) groups is 1. The Balaban J connectivity index is 1.66. The van der Waals surface area contributed by atoms with E-state index < -0.39 is 5.97 Å². The summed E-state index contributed by atoms with van der Waals surface area (Å²) in [6, 6.07) is 21.2. The van der Waals surface area contributed by atoms with E-state index in [-0.39, 0.29) is 5.88 Å². The lowest BCUT2D eigenvalue weighted by atomic mass is 9.99. The molecule has 0 unspecified atom stereocenters. The van der Waals surface area contributed by atoms with E-state index in [1.807, 2.05) is 54.7 Å². The number of carbonyl (C=O) groups excluding carboxylic acids is 1. The third-order valence-corrected chi connectivity index (χ3v) is 6.02. The van der Waals surface area contributed by atoms with Gasteiger partial charge in [-0.15, -0.1) is 0 Å². The molecule has 0 radical (unpaired) electrons. The molecule has 35 heavy (non-hydrogen) atoms. The fourth-order valence-corrected chi connectivity index (χ4v) is 4.22. The maximum atomic E-state index is 12.0. The molecule has 0 spiro atoms. The number of methoxy groups -OCH3 is 1. The summed E-state index contributed by atoms with van der Waals surface area (Å²) in [6.07, 6.45) is 1.89. The van der Waals surface area contributed by atoms with E-state index in [9.17, 15) is 9.90 Å². The predicted octanol–water partition coefficient (Wildman–Crippen LogP) is 5.42. The van der Waals surface area contributed by atoms with Crippen molar-refractivity contribution in [2.75, 3.05) is 13.7 Å². The highest BCUT2D eigenvalue weighted by Crippen LogP contribution is 2.33. The van der Waals surface area contributed by atoms with Gasteiger partial charge >= 0.3 is 5.97 Å². The number of aromatic amines is 2. The van der Waals surface area contributed by atoms with Crippen molar-refractivity contribution in [2.24, 2.45) is 4.99 Å². The van der Waals surface area contributed by atoms with E-state index >= 15 is 0 Å². The summed E-state index contributed by atoms with van der Waals surface area (Å²) in [5.41, 5.74) is 6.05. The molecule has 0 saturated carbocycles. The third-order valence-electron chi connectivity index (χ3n) is 6.02. The van der Waals surface area contributed by atoms with Crippen LogP contribution in [0.15, 0.2) is 77.9 Å². The maximum Gasteiger partial charge on any atom is 0.337 e. The van der Waals surface area contributed by atoms with Crippen LogP contribution in [0.25, 0.3) is 21.8 Å². The summed E-state index contributed by atoms with van der Waals surface area (Å²) in [6.45, 7) is 3.78. The minimum Gasteiger partial charge on any atom is -0.494 e. The lowest BCUT2D eigenvalue weighted by Crippen LogP contribution is -2.11. The normalized spacial score (nSPS) is 11.9. The molecule has 5 rings (SSSR count). The molecule has 176 valence electrons. The van der Waals surface area contributed by atoms with Gasteiger partial charge in [-0.2, -0.15) is 0 Å².